The predicted molar refractivity (Wildman–Crippen MR) is 63.2 cm³/mol. The summed E-state index contributed by atoms with van der Waals surface area (Å²) in [6.45, 7) is 1.58. The lowest BCUT2D eigenvalue weighted by Crippen LogP contribution is -2.26. The number of carbonyl (C=O) groups excluding carboxylic acids is 1. The summed E-state index contributed by atoms with van der Waals surface area (Å²) in [6.07, 6.45) is -0.628. The van der Waals surface area contributed by atoms with Gasteiger partial charge in [0.2, 0.25) is 0 Å². The number of rotatable bonds is 3. The van der Waals surface area contributed by atoms with Crippen molar-refractivity contribution in [1.29, 1.82) is 0 Å². The minimum absolute atomic E-state index is 0.0767. The van der Waals surface area contributed by atoms with E-state index in [2.05, 4.69) is 5.32 Å². The number of hydrogen-bond acceptors (Lipinski definition) is 3. The van der Waals surface area contributed by atoms with Crippen molar-refractivity contribution in [2.24, 2.45) is 0 Å². The molecule has 0 aliphatic heterocycles. The van der Waals surface area contributed by atoms with Gasteiger partial charge in [-0.2, -0.15) is 0 Å². The van der Waals surface area contributed by atoms with E-state index in [9.17, 15) is 9.90 Å². The Hall–Kier alpha value is -0.970. The fourth-order valence-corrected chi connectivity index (χ4v) is 1.50. The smallest absolute Gasteiger partial charge is 0.253 e. The van der Waals surface area contributed by atoms with E-state index in [0.717, 1.165) is 0 Å². The normalized spacial score (nSPS) is 12.2. The van der Waals surface area contributed by atoms with E-state index in [-0.39, 0.29) is 16.5 Å². The van der Waals surface area contributed by atoms with E-state index >= 15 is 0 Å². The summed E-state index contributed by atoms with van der Waals surface area (Å²) in [4.78, 5) is 11.5. The van der Waals surface area contributed by atoms with Gasteiger partial charge < -0.3 is 15.2 Å². The quantitative estimate of drug-likeness (QED) is 0.825. The number of amides is 1. The van der Waals surface area contributed by atoms with Crippen molar-refractivity contribution in [3.05, 3.63) is 22.2 Å². The summed E-state index contributed by atoms with van der Waals surface area (Å²) in [7, 11) is 1.41. The van der Waals surface area contributed by atoms with E-state index < -0.39 is 12.0 Å². The van der Waals surface area contributed by atoms with E-state index in [0.29, 0.717) is 5.02 Å². The van der Waals surface area contributed by atoms with E-state index in [1.807, 2.05) is 0 Å². The molecule has 0 aliphatic rings. The SMILES string of the molecule is COC(C)C(=O)Nc1cc(Cl)cc(Cl)c1O. The van der Waals surface area contributed by atoms with E-state index in [1.165, 1.54) is 19.2 Å². The molecule has 1 rings (SSSR count). The Morgan fingerprint density at radius 2 is 2.12 bits per heavy atom. The highest BCUT2D eigenvalue weighted by Gasteiger charge is 2.15. The molecule has 0 fully saturated rings. The molecule has 0 bridgehead atoms. The molecule has 0 heterocycles. The highest BCUT2D eigenvalue weighted by atomic mass is 35.5. The zero-order valence-electron chi connectivity index (χ0n) is 8.75. The second-order valence-electron chi connectivity index (χ2n) is 3.15. The van der Waals surface area contributed by atoms with Crippen LogP contribution >= 0.6 is 23.2 Å². The van der Waals surface area contributed by atoms with Crippen molar-refractivity contribution >= 4 is 34.8 Å². The lowest BCUT2D eigenvalue weighted by atomic mass is 10.2. The first-order chi connectivity index (χ1) is 7.45. The number of ether oxygens (including phenoxy) is 1. The molecule has 0 spiro atoms. The Morgan fingerprint density at radius 3 is 2.69 bits per heavy atom. The fraction of sp³-hybridized carbons (Fsp3) is 0.300. The minimum atomic E-state index is -0.628. The lowest BCUT2D eigenvalue weighted by Gasteiger charge is -2.12. The summed E-state index contributed by atoms with van der Waals surface area (Å²) >= 11 is 11.4. The molecule has 6 heteroatoms. The maximum atomic E-state index is 11.5. The zero-order chi connectivity index (χ0) is 12.3. The number of anilines is 1. The van der Waals surface area contributed by atoms with Gasteiger partial charge in [-0.25, -0.2) is 0 Å². The molecule has 1 aromatic carbocycles. The minimum Gasteiger partial charge on any atom is -0.504 e. The zero-order valence-corrected chi connectivity index (χ0v) is 10.3. The van der Waals surface area contributed by atoms with Gasteiger partial charge in [0.1, 0.15) is 6.10 Å². The molecule has 0 aromatic heterocycles. The third kappa shape index (κ3) is 3.01. The number of hydrogen-bond donors (Lipinski definition) is 2. The Bertz CT molecular complexity index is 409. The van der Waals surface area contributed by atoms with Crippen LogP contribution < -0.4 is 5.32 Å². The van der Waals surface area contributed by atoms with Crippen LogP contribution in [0.4, 0.5) is 5.69 Å². The molecular formula is C10H11Cl2NO3. The monoisotopic (exact) mass is 263 g/mol. The molecule has 1 amide bonds. The van der Waals surface area contributed by atoms with Crippen LogP contribution in [0.5, 0.6) is 5.75 Å². The summed E-state index contributed by atoms with van der Waals surface area (Å²) in [5.74, 6) is -0.612. The molecule has 0 saturated heterocycles. The van der Waals surface area contributed by atoms with Crippen molar-refractivity contribution in [3.8, 4) is 5.75 Å². The van der Waals surface area contributed by atoms with Crippen LogP contribution in [0.3, 0.4) is 0 Å². The van der Waals surface area contributed by atoms with Gasteiger partial charge in [0.25, 0.3) is 5.91 Å². The average molecular weight is 264 g/mol. The Balaban J connectivity index is 2.93. The van der Waals surface area contributed by atoms with Crippen molar-refractivity contribution < 1.29 is 14.6 Å². The molecule has 4 nitrogen and oxygen atoms in total. The van der Waals surface area contributed by atoms with Crippen LogP contribution in [0.2, 0.25) is 10.0 Å². The molecule has 0 saturated carbocycles. The van der Waals surface area contributed by atoms with Crippen LogP contribution in [0.25, 0.3) is 0 Å². The first-order valence-corrected chi connectivity index (χ1v) is 5.23. The van der Waals surface area contributed by atoms with Gasteiger partial charge in [0.05, 0.1) is 10.7 Å². The molecule has 16 heavy (non-hydrogen) atoms. The van der Waals surface area contributed by atoms with Gasteiger partial charge >= 0.3 is 0 Å². The standard InChI is InChI=1S/C10H11Cl2NO3/c1-5(16-2)10(15)13-8-4-6(11)3-7(12)9(8)14/h3-5,14H,1-2H3,(H,13,15). The van der Waals surface area contributed by atoms with Crippen LogP contribution in [-0.4, -0.2) is 24.2 Å². The number of phenols is 1. The fourth-order valence-electron chi connectivity index (χ4n) is 1.00. The molecule has 0 radical (unpaired) electrons. The molecular weight excluding hydrogens is 253 g/mol. The van der Waals surface area contributed by atoms with E-state index in [1.54, 1.807) is 6.92 Å². The third-order valence-corrected chi connectivity index (χ3v) is 2.52. The molecule has 1 atom stereocenters. The Kier molecular flexibility index (Phi) is 4.41. The van der Waals surface area contributed by atoms with Crippen molar-refractivity contribution in [1.82, 2.24) is 0 Å². The number of nitrogens with one attached hydrogen (secondary N) is 1. The molecule has 88 valence electrons. The van der Waals surface area contributed by atoms with E-state index in [4.69, 9.17) is 27.9 Å². The highest BCUT2D eigenvalue weighted by Crippen LogP contribution is 2.35. The topological polar surface area (TPSA) is 58.6 Å². The first kappa shape index (κ1) is 13.1. The van der Waals surface area contributed by atoms with Crippen LogP contribution in [0.15, 0.2) is 12.1 Å². The van der Waals surface area contributed by atoms with Crippen LogP contribution in [0, 0.1) is 0 Å². The van der Waals surface area contributed by atoms with Gasteiger partial charge in [0, 0.05) is 12.1 Å². The number of aromatic hydroxyl groups is 1. The summed E-state index contributed by atoms with van der Waals surface area (Å²) in [5.41, 5.74) is 0.159. The van der Waals surface area contributed by atoms with Gasteiger partial charge in [0.15, 0.2) is 5.75 Å². The van der Waals surface area contributed by atoms with Gasteiger partial charge in [-0.3, -0.25) is 4.79 Å². The number of phenolic OH excluding ortho intramolecular Hbond substituents is 1. The maximum Gasteiger partial charge on any atom is 0.253 e. The predicted octanol–water partition coefficient (Wildman–Crippen LogP) is 2.67. The van der Waals surface area contributed by atoms with Crippen LogP contribution in [-0.2, 0) is 9.53 Å². The number of halogens is 2. The van der Waals surface area contributed by atoms with Gasteiger partial charge in [-0.1, -0.05) is 23.2 Å². The summed E-state index contributed by atoms with van der Waals surface area (Å²) < 4.78 is 4.82. The van der Waals surface area contributed by atoms with Crippen molar-refractivity contribution in [2.45, 2.75) is 13.0 Å². The number of benzene rings is 1. The average Bonchev–Trinajstić information content (AvgIpc) is 2.23. The Morgan fingerprint density at radius 1 is 1.50 bits per heavy atom. The summed E-state index contributed by atoms with van der Waals surface area (Å²) in [6, 6.07) is 2.79. The molecule has 2 N–H and O–H groups in total. The molecule has 0 aliphatic carbocycles. The second-order valence-corrected chi connectivity index (χ2v) is 3.99. The van der Waals surface area contributed by atoms with Crippen LogP contribution in [0.1, 0.15) is 6.92 Å². The van der Waals surface area contributed by atoms with Gasteiger partial charge in [-0.05, 0) is 19.1 Å². The summed E-state index contributed by atoms with van der Waals surface area (Å²) in [5, 5.41) is 12.4. The highest BCUT2D eigenvalue weighted by molar-refractivity contribution is 6.36. The van der Waals surface area contributed by atoms with Crippen molar-refractivity contribution in [3.63, 3.8) is 0 Å². The van der Waals surface area contributed by atoms with Gasteiger partial charge in [-0.15, -0.1) is 0 Å². The number of methoxy groups -OCH3 is 1. The largest absolute Gasteiger partial charge is 0.504 e. The number of carbonyl (C=O) groups is 1. The molecule has 1 aromatic rings. The molecule has 1 unspecified atom stereocenters. The van der Waals surface area contributed by atoms with Crippen molar-refractivity contribution in [2.75, 3.05) is 12.4 Å². The lowest BCUT2D eigenvalue weighted by molar-refractivity contribution is -0.124. The second kappa shape index (κ2) is 5.39. The maximum absolute atomic E-state index is 11.5. The first-order valence-electron chi connectivity index (χ1n) is 4.47. The third-order valence-electron chi connectivity index (χ3n) is 2.01. The Labute approximate surface area is 103 Å².